The number of rotatable bonds is 7. The number of H-pyrrole nitrogens is 1. The molecule has 1 aliphatic heterocycles. The maximum atomic E-state index is 12.2. The van der Waals surface area contributed by atoms with E-state index in [1.165, 1.54) is 19.3 Å². The molecular weight excluding hydrogens is 340 g/mol. The highest BCUT2D eigenvalue weighted by Gasteiger charge is 2.28. The number of carbonyl (C=O) groups excluding carboxylic acids is 1. The molecule has 6 nitrogen and oxygen atoms in total. The van der Waals surface area contributed by atoms with Crippen molar-refractivity contribution in [3.05, 3.63) is 40.4 Å². The Morgan fingerprint density at radius 2 is 1.96 bits per heavy atom. The number of likely N-dealkylation sites (tertiary alicyclic amines) is 1. The summed E-state index contributed by atoms with van der Waals surface area (Å²) in [6.45, 7) is 7.29. The van der Waals surface area contributed by atoms with Crippen LogP contribution in [-0.4, -0.2) is 45.9 Å². The van der Waals surface area contributed by atoms with Crippen molar-refractivity contribution in [2.75, 3.05) is 19.6 Å². The van der Waals surface area contributed by atoms with Crippen LogP contribution >= 0.6 is 0 Å². The second kappa shape index (κ2) is 8.65. The van der Waals surface area contributed by atoms with Gasteiger partial charge in [-0.05, 0) is 58.3 Å². The van der Waals surface area contributed by atoms with Crippen LogP contribution in [0.15, 0.2) is 29.1 Å². The summed E-state index contributed by atoms with van der Waals surface area (Å²) in [4.78, 5) is 34.1. The van der Waals surface area contributed by atoms with Crippen molar-refractivity contribution in [1.82, 2.24) is 20.2 Å². The lowest BCUT2D eigenvalue weighted by Crippen LogP contribution is -2.53. The fraction of sp³-hybridized carbons (Fsp3) is 0.571. The Hall–Kier alpha value is -2.21. The number of aromatic nitrogens is 2. The van der Waals surface area contributed by atoms with Crippen molar-refractivity contribution in [3.8, 4) is 0 Å². The molecule has 0 saturated carbocycles. The van der Waals surface area contributed by atoms with Gasteiger partial charge in [0.2, 0.25) is 5.91 Å². The number of hydrogen-bond donors (Lipinski definition) is 2. The Balaban J connectivity index is 1.46. The maximum Gasteiger partial charge on any atom is 0.258 e. The smallest absolute Gasteiger partial charge is 0.258 e. The zero-order valence-electron chi connectivity index (χ0n) is 16.4. The molecule has 2 aromatic rings. The molecule has 27 heavy (non-hydrogen) atoms. The predicted octanol–water partition coefficient (Wildman–Crippen LogP) is 2.63. The van der Waals surface area contributed by atoms with Crippen LogP contribution in [0.3, 0.4) is 0 Å². The van der Waals surface area contributed by atoms with Crippen molar-refractivity contribution < 1.29 is 4.79 Å². The van der Waals surface area contributed by atoms with Crippen LogP contribution in [-0.2, 0) is 11.2 Å². The molecule has 2 heterocycles. The predicted molar refractivity (Wildman–Crippen MR) is 108 cm³/mol. The van der Waals surface area contributed by atoms with Gasteiger partial charge in [0.25, 0.3) is 5.56 Å². The van der Waals surface area contributed by atoms with Gasteiger partial charge in [-0.25, -0.2) is 4.98 Å². The Morgan fingerprint density at radius 3 is 2.74 bits per heavy atom. The highest BCUT2D eigenvalue weighted by molar-refractivity contribution is 5.77. The van der Waals surface area contributed by atoms with E-state index in [-0.39, 0.29) is 17.0 Å². The molecular formula is C21H30N4O2. The molecule has 146 valence electrons. The zero-order valence-corrected chi connectivity index (χ0v) is 16.4. The molecule has 2 N–H and O–H groups in total. The molecule has 1 aliphatic rings. The number of amides is 1. The van der Waals surface area contributed by atoms with Gasteiger partial charge < -0.3 is 10.3 Å². The van der Waals surface area contributed by atoms with Crippen molar-refractivity contribution in [1.29, 1.82) is 0 Å². The highest BCUT2D eigenvalue weighted by Crippen LogP contribution is 2.19. The Bertz CT molecular complexity index is 837. The number of hydrogen-bond acceptors (Lipinski definition) is 4. The number of benzene rings is 1. The normalized spacial score (nSPS) is 15.8. The third-order valence-electron chi connectivity index (χ3n) is 5.41. The molecule has 3 rings (SSSR count). The van der Waals surface area contributed by atoms with Crippen LogP contribution in [0.25, 0.3) is 10.9 Å². The monoisotopic (exact) mass is 370 g/mol. The minimum absolute atomic E-state index is 0.0127. The third kappa shape index (κ3) is 5.16. The molecule has 1 fully saturated rings. The average Bonchev–Trinajstić information content (AvgIpc) is 2.67. The van der Waals surface area contributed by atoms with Gasteiger partial charge in [-0.15, -0.1) is 0 Å². The van der Waals surface area contributed by atoms with Crippen LogP contribution in [0.5, 0.6) is 0 Å². The summed E-state index contributed by atoms with van der Waals surface area (Å²) in [6, 6.07) is 7.30. The van der Waals surface area contributed by atoms with E-state index in [1.54, 1.807) is 6.07 Å². The number of para-hydroxylation sites is 1. The van der Waals surface area contributed by atoms with E-state index in [0.29, 0.717) is 42.5 Å². The van der Waals surface area contributed by atoms with Crippen LogP contribution < -0.4 is 10.9 Å². The first-order valence-electron chi connectivity index (χ1n) is 9.95. The molecule has 1 aromatic carbocycles. The second-order valence-electron chi connectivity index (χ2n) is 8.02. The molecule has 1 aromatic heterocycles. The molecule has 0 bridgehead atoms. The number of aromatic amines is 1. The first kappa shape index (κ1) is 19.5. The van der Waals surface area contributed by atoms with Gasteiger partial charge in [0.05, 0.1) is 10.9 Å². The summed E-state index contributed by atoms with van der Waals surface area (Å²) in [5.74, 6) is 0.698. The van der Waals surface area contributed by atoms with Crippen LogP contribution in [0.2, 0.25) is 0 Å². The number of fused-ring (bicyclic) bond motifs is 1. The summed E-state index contributed by atoms with van der Waals surface area (Å²) in [5.41, 5.74) is 0.564. The van der Waals surface area contributed by atoms with Crippen molar-refractivity contribution in [3.63, 3.8) is 0 Å². The standard InChI is InChI=1S/C21H30N4O2/c1-21(2,25-13-6-3-7-14-25)15-22-19(26)12-8-11-18-23-17-10-5-4-9-16(17)20(27)24-18/h4-5,9-10H,3,6-8,11-15H2,1-2H3,(H,22,26)(H,23,24,27). The van der Waals surface area contributed by atoms with E-state index in [0.717, 1.165) is 13.1 Å². The fourth-order valence-corrected chi connectivity index (χ4v) is 3.68. The highest BCUT2D eigenvalue weighted by atomic mass is 16.1. The molecule has 0 unspecified atom stereocenters. The number of nitrogens with one attached hydrogen (secondary N) is 2. The summed E-state index contributed by atoms with van der Waals surface area (Å²) < 4.78 is 0. The van der Waals surface area contributed by atoms with Gasteiger partial charge in [-0.3, -0.25) is 14.5 Å². The second-order valence-corrected chi connectivity index (χ2v) is 8.02. The molecule has 0 atom stereocenters. The minimum atomic E-state index is -0.122. The van der Waals surface area contributed by atoms with E-state index in [4.69, 9.17) is 0 Å². The van der Waals surface area contributed by atoms with E-state index < -0.39 is 0 Å². The lowest BCUT2D eigenvalue weighted by molar-refractivity contribution is -0.121. The summed E-state index contributed by atoms with van der Waals surface area (Å²) >= 11 is 0. The Labute approximate surface area is 160 Å². The number of piperidine rings is 1. The van der Waals surface area contributed by atoms with E-state index in [9.17, 15) is 9.59 Å². The van der Waals surface area contributed by atoms with Gasteiger partial charge in [0.15, 0.2) is 0 Å². The van der Waals surface area contributed by atoms with Crippen LogP contribution in [0.4, 0.5) is 0 Å². The van der Waals surface area contributed by atoms with Gasteiger partial charge in [0, 0.05) is 24.9 Å². The summed E-state index contributed by atoms with van der Waals surface area (Å²) in [6.07, 6.45) is 5.49. The molecule has 0 spiro atoms. The van der Waals surface area contributed by atoms with E-state index >= 15 is 0 Å². The minimum Gasteiger partial charge on any atom is -0.354 e. The average molecular weight is 370 g/mol. The lowest BCUT2D eigenvalue weighted by Gasteiger charge is -2.41. The van der Waals surface area contributed by atoms with Gasteiger partial charge in [-0.2, -0.15) is 0 Å². The van der Waals surface area contributed by atoms with Crippen molar-refractivity contribution >= 4 is 16.8 Å². The Morgan fingerprint density at radius 1 is 1.22 bits per heavy atom. The molecule has 1 saturated heterocycles. The lowest BCUT2D eigenvalue weighted by atomic mass is 9.98. The number of nitrogens with zero attached hydrogens (tertiary/aromatic N) is 2. The third-order valence-corrected chi connectivity index (χ3v) is 5.41. The van der Waals surface area contributed by atoms with Crippen molar-refractivity contribution in [2.45, 2.75) is 57.9 Å². The van der Waals surface area contributed by atoms with Crippen LogP contribution in [0, 0.1) is 0 Å². The fourth-order valence-electron chi connectivity index (χ4n) is 3.68. The first-order valence-corrected chi connectivity index (χ1v) is 9.95. The van der Waals surface area contributed by atoms with Crippen molar-refractivity contribution in [2.24, 2.45) is 0 Å². The van der Waals surface area contributed by atoms with Crippen LogP contribution in [0.1, 0.15) is 51.8 Å². The molecule has 0 aliphatic carbocycles. The van der Waals surface area contributed by atoms with E-state index in [2.05, 4.69) is 34.0 Å². The summed E-state index contributed by atoms with van der Waals surface area (Å²) in [5, 5.41) is 3.67. The van der Waals surface area contributed by atoms with Gasteiger partial charge >= 0.3 is 0 Å². The first-order chi connectivity index (χ1) is 13.0. The molecule has 6 heteroatoms. The SMILES string of the molecule is CC(C)(CNC(=O)CCCc1nc2ccccc2c(=O)[nH]1)N1CCCCC1. The van der Waals surface area contributed by atoms with E-state index in [1.807, 2.05) is 18.2 Å². The quantitative estimate of drug-likeness (QED) is 0.785. The van der Waals surface area contributed by atoms with Gasteiger partial charge in [0.1, 0.15) is 5.82 Å². The number of carbonyl (C=O) groups is 1. The summed E-state index contributed by atoms with van der Waals surface area (Å²) in [7, 11) is 0. The van der Waals surface area contributed by atoms with Gasteiger partial charge in [-0.1, -0.05) is 18.6 Å². The molecule has 1 amide bonds. The topological polar surface area (TPSA) is 78.1 Å². The Kier molecular flexibility index (Phi) is 6.26. The zero-order chi connectivity index (χ0) is 19.3. The maximum absolute atomic E-state index is 12.2. The number of aryl methyl sites for hydroxylation is 1. The molecule has 0 radical (unpaired) electrons. The largest absolute Gasteiger partial charge is 0.354 e.